The number of carbonyl (C=O) groups is 3. The second-order valence-electron chi connectivity index (χ2n) is 18.6. The number of ether oxygens (including phenoxy) is 2. The minimum atomic E-state index is -4.00. The molecule has 70 heavy (non-hydrogen) atoms. The van der Waals surface area contributed by atoms with Crippen LogP contribution in [-0.2, 0) is 36.4 Å². The number of aliphatic hydroxyl groups is 1. The fourth-order valence-corrected chi connectivity index (χ4v) is 11.4. The van der Waals surface area contributed by atoms with Gasteiger partial charge in [-0.2, -0.15) is 23.1 Å². The number of amides is 3. The van der Waals surface area contributed by atoms with Crippen LogP contribution in [0.25, 0.3) is 21.8 Å². The zero-order valence-electron chi connectivity index (χ0n) is 38.7. The molecule has 20 nitrogen and oxygen atoms in total. The third-order valence-corrected chi connectivity index (χ3v) is 15.6. The Morgan fingerprint density at radius 3 is 2.49 bits per heavy atom. The van der Waals surface area contributed by atoms with E-state index in [-0.39, 0.29) is 73.2 Å². The van der Waals surface area contributed by atoms with E-state index in [1.807, 2.05) is 11.0 Å². The van der Waals surface area contributed by atoms with Gasteiger partial charge in [0.25, 0.3) is 5.56 Å². The Kier molecular flexibility index (Phi) is 13.3. The fraction of sp³-hybridized carbons (Fsp3) is 0.468. The van der Waals surface area contributed by atoms with E-state index in [4.69, 9.17) is 9.47 Å². The highest BCUT2D eigenvalue weighted by Crippen LogP contribution is 2.42. The molecule has 4 aliphatic rings. The standard InChI is InChI=1S/C47H53F2N11O9S/c1-55(16-9-41(62)52-29-61)44-33-22-36(49)40(23-39(33)56(2)53-44)57-17-10-46(65,11-18-57)25-42(63)58-19-12-47(13-20-58)24-30(27-68-47)60-28-51-37-7-5-31(21-32(37)45(60)64)69-43-34(26-50)38(8-6-35(43)48)54-70(66,67)59-14-3-4-15-59/h5-8,21-23,28-30,54,65H,3-4,9-20,24-25,27H2,1-2H3,(H,52,61,62)/t30-/m1/s1. The van der Waals surface area contributed by atoms with E-state index in [9.17, 15) is 38.0 Å². The van der Waals surface area contributed by atoms with Gasteiger partial charge >= 0.3 is 10.2 Å². The maximum Gasteiger partial charge on any atom is 0.301 e. The number of rotatable bonds is 14. The van der Waals surface area contributed by atoms with Gasteiger partial charge in [0.2, 0.25) is 18.2 Å². The quantitative estimate of drug-likeness (QED) is 0.134. The molecule has 1 spiro atoms. The summed E-state index contributed by atoms with van der Waals surface area (Å²) in [5.74, 6) is -1.99. The van der Waals surface area contributed by atoms with Crippen LogP contribution in [0.5, 0.6) is 11.5 Å². The largest absolute Gasteiger partial charge is 0.453 e. The number of benzene rings is 3. The predicted octanol–water partition coefficient (Wildman–Crippen LogP) is 3.82. The molecule has 23 heteroatoms. The van der Waals surface area contributed by atoms with E-state index < -0.39 is 50.3 Å². The molecule has 6 heterocycles. The van der Waals surface area contributed by atoms with E-state index in [2.05, 4.69) is 20.1 Å². The minimum Gasteiger partial charge on any atom is -0.453 e. The van der Waals surface area contributed by atoms with Gasteiger partial charge in [0.1, 0.15) is 23.2 Å². The van der Waals surface area contributed by atoms with Crippen LogP contribution in [0.4, 0.5) is 26.0 Å². The number of hydrogen-bond donors (Lipinski definition) is 3. The number of halogens is 2. The highest BCUT2D eigenvalue weighted by Gasteiger charge is 2.45. The topological polar surface area (TPSA) is 238 Å². The first-order valence-electron chi connectivity index (χ1n) is 23.2. The lowest BCUT2D eigenvalue weighted by Crippen LogP contribution is -2.51. The van der Waals surface area contributed by atoms with Crippen molar-refractivity contribution in [1.29, 1.82) is 5.26 Å². The average molecular weight is 986 g/mol. The summed E-state index contributed by atoms with van der Waals surface area (Å²) >= 11 is 0. The lowest BCUT2D eigenvalue weighted by atomic mass is 9.85. The number of carbonyl (C=O) groups excluding carboxylic acids is 3. The minimum absolute atomic E-state index is 0.0283. The van der Waals surface area contributed by atoms with Crippen LogP contribution in [0.15, 0.2) is 53.6 Å². The van der Waals surface area contributed by atoms with Crippen LogP contribution in [0.2, 0.25) is 0 Å². The van der Waals surface area contributed by atoms with Gasteiger partial charge in [0, 0.05) is 71.7 Å². The number of anilines is 3. The highest BCUT2D eigenvalue weighted by molar-refractivity contribution is 7.90. The summed E-state index contributed by atoms with van der Waals surface area (Å²) in [7, 11) is -0.523. The molecule has 3 amide bonds. The van der Waals surface area contributed by atoms with Crippen molar-refractivity contribution in [1.82, 2.24) is 33.9 Å². The van der Waals surface area contributed by atoms with Crippen molar-refractivity contribution in [2.24, 2.45) is 7.05 Å². The molecule has 370 valence electrons. The summed E-state index contributed by atoms with van der Waals surface area (Å²) in [6.07, 6.45) is 5.15. The summed E-state index contributed by atoms with van der Waals surface area (Å²) in [4.78, 5) is 59.9. The van der Waals surface area contributed by atoms with Gasteiger partial charge in [-0.15, -0.1) is 0 Å². The number of nitrogens with zero attached hydrogens (tertiary/aromatic N) is 9. The number of piperidine rings is 2. The van der Waals surface area contributed by atoms with Crippen molar-refractivity contribution in [2.45, 2.75) is 75.0 Å². The van der Waals surface area contributed by atoms with Gasteiger partial charge in [-0.1, -0.05) is 0 Å². The molecule has 0 radical (unpaired) electrons. The summed E-state index contributed by atoms with van der Waals surface area (Å²) < 4.78 is 75.9. The number of hydrogen-bond acceptors (Lipinski definition) is 14. The Hall–Kier alpha value is -6.74. The van der Waals surface area contributed by atoms with Crippen LogP contribution in [0, 0.1) is 23.0 Å². The van der Waals surface area contributed by atoms with E-state index in [0.717, 1.165) is 12.1 Å². The Labute approximate surface area is 401 Å². The Morgan fingerprint density at radius 2 is 1.77 bits per heavy atom. The molecule has 0 unspecified atom stereocenters. The molecule has 0 bridgehead atoms. The lowest BCUT2D eigenvalue weighted by Gasteiger charge is -2.42. The SMILES string of the molecule is CN(CCC(=O)NC=O)c1nn(C)c2cc(N3CCC(O)(CC(=O)N4CCC5(CC4)C[C@@H](n4cnc6ccc(Oc7c(F)ccc(NS(=O)(=O)N8CCCC8)c7C#N)cc6c4=O)CO5)CC3)c(F)cc12. The molecule has 3 N–H and O–H groups in total. The molecule has 5 aromatic rings. The van der Waals surface area contributed by atoms with Crippen molar-refractivity contribution in [3.8, 4) is 17.6 Å². The second-order valence-corrected chi connectivity index (χ2v) is 20.3. The predicted molar refractivity (Wildman–Crippen MR) is 252 cm³/mol. The van der Waals surface area contributed by atoms with Crippen LogP contribution in [0.3, 0.4) is 0 Å². The number of likely N-dealkylation sites (tertiary alicyclic amines) is 1. The highest BCUT2D eigenvalue weighted by atomic mass is 32.2. The zero-order valence-corrected chi connectivity index (χ0v) is 39.5. The summed E-state index contributed by atoms with van der Waals surface area (Å²) in [5, 5.41) is 29.0. The Morgan fingerprint density at radius 1 is 1.03 bits per heavy atom. The number of imide groups is 1. The van der Waals surface area contributed by atoms with Crippen molar-refractivity contribution < 1.29 is 46.2 Å². The van der Waals surface area contributed by atoms with E-state index in [1.165, 1.54) is 39.5 Å². The molecule has 0 saturated carbocycles. The Bertz CT molecular complexity index is 3080. The van der Waals surface area contributed by atoms with Crippen LogP contribution >= 0.6 is 0 Å². The van der Waals surface area contributed by atoms with Crippen LogP contribution in [0.1, 0.15) is 69.4 Å². The number of fused-ring (bicyclic) bond motifs is 2. The number of aryl methyl sites for hydroxylation is 1. The monoisotopic (exact) mass is 985 g/mol. The first-order valence-corrected chi connectivity index (χ1v) is 24.6. The van der Waals surface area contributed by atoms with E-state index in [0.29, 0.717) is 106 Å². The number of aromatic nitrogens is 4. The van der Waals surface area contributed by atoms with Gasteiger partial charge in [-0.05, 0) is 87.4 Å². The summed E-state index contributed by atoms with van der Waals surface area (Å²) in [6.45, 7) is 2.54. The first kappa shape index (κ1) is 48.3. The number of nitriles is 1. The molecule has 3 aromatic carbocycles. The molecular weight excluding hydrogens is 933 g/mol. The third kappa shape index (κ3) is 9.60. The molecular formula is C47H53F2N11O9S. The van der Waals surface area contributed by atoms with Gasteiger partial charge in [0.15, 0.2) is 17.4 Å². The normalized spacial score (nSPS) is 19.1. The van der Waals surface area contributed by atoms with Gasteiger partial charge in [0.05, 0.1) is 64.4 Å². The van der Waals surface area contributed by atoms with Crippen LogP contribution < -0.4 is 30.1 Å². The molecule has 4 fully saturated rings. The molecule has 4 saturated heterocycles. The summed E-state index contributed by atoms with van der Waals surface area (Å²) in [6, 6.07) is 11.2. The van der Waals surface area contributed by atoms with Gasteiger partial charge in [-0.3, -0.25) is 38.5 Å². The molecule has 1 atom stereocenters. The number of nitrogens with one attached hydrogen (secondary N) is 2. The molecule has 2 aromatic heterocycles. The maximum atomic E-state index is 15.7. The lowest BCUT2D eigenvalue weighted by molar-refractivity contribution is -0.142. The Balaban J connectivity index is 0.801. The first-order chi connectivity index (χ1) is 33.5. The van der Waals surface area contributed by atoms with Gasteiger partial charge in [-0.25, -0.2) is 13.8 Å². The molecule has 4 aliphatic heterocycles. The average Bonchev–Trinajstić information content (AvgIpc) is 4.11. The van der Waals surface area contributed by atoms with E-state index in [1.54, 1.807) is 34.6 Å². The fourth-order valence-electron chi connectivity index (χ4n) is 10.1. The molecule has 9 rings (SSSR count). The van der Waals surface area contributed by atoms with Crippen molar-refractivity contribution in [2.75, 3.05) is 74.0 Å². The van der Waals surface area contributed by atoms with E-state index >= 15 is 8.78 Å². The molecule has 0 aliphatic carbocycles. The smallest absolute Gasteiger partial charge is 0.301 e. The summed E-state index contributed by atoms with van der Waals surface area (Å²) in [5.41, 5.74) is -1.40. The zero-order chi connectivity index (χ0) is 49.5. The van der Waals surface area contributed by atoms with Crippen molar-refractivity contribution in [3.05, 3.63) is 76.3 Å². The van der Waals surface area contributed by atoms with Crippen LogP contribution in [-0.4, -0.2) is 131 Å². The van der Waals surface area contributed by atoms with Crippen molar-refractivity contribution >= 4 is 67.4 Å². The maximum absolute atomic E-state index is 15.7. The van der Waals surface area contributed by atoms with Crippen molar-refractivity contribution in [3.63, 3.8) is 0 Å². The van der Waals surface area contributed by atoms with Gasteiger partial charge < -0.3 is 29.3 Å². The second kappa shape index (κ2) is 19.2. The third-order valence-electron chi connectivity index (χ3n) is 14.1.